The van der Waals surface area contributed by atoms with E-state index in [0.717, 1.165) is 5.56 Å². The lowest BCUT2D eigenvalue weighted by Gasteiger charge is -2.22. The molecule has 3 atom stereocenters. The van der Waals surface area contributed by atoms with E-state index < -0.39 is 18.2 Å². The highest BCUT2D eigenvalue weighted by Gasteiger charge is 2.38. The fraction of sp³-hybridized carbons (Fsp3) is 0.350. The number of rotatable bonds is 7. The smallest absolute Gasteiger partial charge is 0.416 e. The van der Waals surface area contributed by atoms with Crippen molar-refractivity contribution in [1.29, 1.82) is 0 Å². The maximum Gasteiger partial charge on any atom is 0.416 e. The summed E-state index contributed by atoms with van der Waals surface area (Å²) in [6.07, 6.45) is 0.759. The van der Waals surface area contributed by atoms with E-state index in [2.05, 4.69) is 25.4 Å². The van der Waals surface area contributed by atoms with Crippen LogP contribution in [0.3, 0.4) is 0 Å². The molecule has 1 aliphatic rings. The summed E-state index contributed by atoms with van der Waals surface area (Å²) in [4.78, 5) is 26.4. The SMILES string of the molecule is C[C@H](Nc1nccc(N2C(=O)OCC2[C@@H](C)O)n1)c1noc(Cc2ccccc2)n1. The van der Waals surface area contributed by atoms with Gasteiger partial charge < -0.3 is 19.7 Å². The second-order valence-electron chi connectivity index (χ2n) is 7.07. The zero-order chi connectivity index (χ0) is 21.1. The molecule has 2 N–H and O–H groups in total. The fourth-order valence-electron chi connectivity index (χ4n) is 3.15. The van der Waals surface area contributed by atoms with E-state index in [4.69, 9.17) is 9.26 Å². The molecule has 3 heterocycles. The normalized spacial score (nSPS) is 18.2. The molecule has 1 aliphatic heterocycles. The number of amides is 1. The molecule has 4 rings (SSSR count). The molecule has 0 spiro atoms. The number of anilines is 2. The molecule has 1 fully saturated rings. The fourth-order valence-corrected chi connectivity index (χ4v) is 3.15. The topological polar surface area (TPSA) is 127 Å². The summed E-state index contributed by atoms with van der Waals surface area (Å²) in [5.41, 5.74) is 1.08. The van der Waals surface area contributed by atoms with Gasteiger partial charge in [0.25, 0.3) is 0 Å². The highest BCUT2D eigenvalue weighted by molar-refractivity contribution is 5.89. The average Bonchev–Trinajstić information content (AvgIpc) is 3.36. The Bertz CT molecular complexity index is 1010. The molecule has 156 valence electrons. The summed E-state index contributed by atoms with van der Waals surface area (Å²) in [5.74, 6) is 1.61. The van der Waals surface area contributed by atoms with Gasteiger partial charge in [-0.05, 0) is 25.5 Å². The van der Waals surface area contributed by atoms with Crippen LogP contribution in [0, 0.1) is 0 Å². The largest absolute Gasteiger partial charge is 0.447 e. The first-order valence-electron chi connectivity index (χ1n) is 9.61. The Labute approximate surface area is 172 Å². The average molecular weight is 410 g/mol. The molecule has 2 aromatic heterocycles. The molecular weight excluding hydrogens is 388 g/mol. The van der Waals surface area contributed by atoms with Crippen LogP contribution in [0.5, 0.6) is 0 Å². The minimum absolute atomic E-state index is 0.104. The van der Waals surface area contributed by atoms with Crippen molar-refractivity contribution in [3.63, 3.8) is 0 Å². The zero-order valence-electron chi connectivity index (χ0n) is 16.6. The molecule has 10 nitrogen and oxygen atoms in total. The Kier molecular flexibility index (Phi) is 5.57. The molecule has 0 bridgehead atoms. The van der Waals surface area contributed by atoms with Gasteiger partial charge in [0.05, 0.1) is 18.6 Å². The Balaban J connectivity index is 1.46. The molecule has 1 saturated heterocycles. The van der Waals surface area contributed by atoms with Gasteiger partial charge in [-0.3, -0.25) is 4.90 Å². The Morgan fingerprint density at radius 2 is 2.03 bits per heavy atom. The first kappa shape index (κ1) is 19.8. The highest BCUT2D eigenvalue weighted by atomic mass is 16.6. The lowest BCUT2D eigenvalue weighted by molar-refractivity contribution is 0.142. The Hall–Kier alpha value is -3.53. The summed E-state index contributed by atoms with van der Waals surface area (Å²) in [5, 5.41) is 17.1. The number of hydrogen-bond acceptors (Lipinski definition) is 9. The van der Waals surface area contributed by atoms with E-state index in [1.807, 2.05) is 37.3 Å². The predicted molar refractivity (Wildman–Crippen MR) is 107 cm³/mol. The summed E-state index contributed by atoms with van der Waals surface area (Å²) in [7, 11) is 0. The van der Waals surface area contributed by atoms with E-state index >= 15 is 0 Å². The molecular formula is C20H22N6O4. The maximum atomic E-state index is 12.1. The second-order valence-corrected chi connectivity index (χ2v) is 7.07. The first-order chi connectivity index (χ1) is 14.5. The molecule has 1 aromatic carbocycles. The summed E-state index contributed by atoms with van der Waals surface area (Å²) >= 11 is 0. The van der Waals surface area contributed by atoms with Gasteiger partial charge in [0.1, 0.15) is 18.5 Å². The number of carbonyl (C=O) groups is 1. The molecule has 1 unspecified atom stereocenters. The van der Waals surface area contributed by atoms with Crippen LogP contribution in [0.15, 0.2) is 47.1 Å². The molecule has 10 heteroatoms. The lowest BCUT2D eigenvalue weighted by atomic mass is 10.1. The van der Waals surface area contributed by atoms with Crippen LogP contribution in [0.2, 0.25) is 0 Å². The number of aromatic nitrogens is 4. The van der Waals surface area contributed by atoms with Gasteiger partial charge in [-0.2, -0.15) is 9.97 Å². The van der Waals surface area contributed by atoms with Crippen molar-refractivity contribution in [2.45, 2.75) is 38.5 Å². The third-order valence-corrected chi connectivity index (χ3v) is 4.77. The third kappa shape index (κ3) is 4.23. The van der Waals surface area contributed by atoms with Gasteiger partial charge in [0.2, 0.25) is 11.8 Å². The van der Waals surface area contributed by atoms with Crippen LogP contribution in [-0.2, 0) is 11.2 Å². The minimum atomic E-state index is -0.760. The standard InChI is InChI=1S/C20H22N6O4/c1-12(18-24-17(30-25-18)10-14-6-4-3-5-7-14)22-19-21-9-8-16(23-19)26-15(13(2)27)11-29-20(26)28/h3-9,12-13,15,27H,10-11H2,1-2H3,(H,21,22,23)/t12-,13+,15?/m0/s1. The predicted octanol–water partition coefficient (Wildman–Crippen LogP) is 2.33. The van der Waals surface area contributed by atoms with Crippen LogP contribution in [-0.4, -0.2) is 50.1 Å². The zero-order valence-corrected chi connectivity index (χ0v) is 16.6. The van der Waals surface area contributed by atoms with E-state index in [-0.39, 0.29) is 12.6 Å². The third-order valence-electron chi connectivity index (χ3n) is 4.77. The number of cyclic esters (lactones) is 1. The van der Waals surface area contributed by atoms with E-state index in [9.17, 15) is 9.90 Å². The molecule has 0 saturated carbocycles. The van der Waals surface area contributed by atoms with Crippen LogP contribution in [0.1, 0.15) is 37.2 Å². The maximum absolute atomic E-state index is 12.1. The van der Waals surface area contributed by atoms with Crippen LogP contribution in [0.4, 0.5) is 16.6 Å². The van der Waals surface area contributed by atoms with Crippen LogP contribution >= 0.6 is 0 Å². The molecule has 30 heavy (non-hydrogen) atoms. The van der Waals surface area contributed by atoms with Crippen molar-refractivity contribution in [2.75, 3.05) is 16.8 Å². The number of benzene rings is 1. The van der Waals surface area contributed by atoms with Gasteiger partial charge in [0.15, 0.2) is 5.82 Å². The van der Waals surface area contributed by atoms with Gasteiger partial charge in [-0.1, -0.05) is 35.5 Å². The van der Waals surface area contributed by atoms with Crippen molar-refractivity contribution in [3.8, 4) is 0 Å². The second kappa shape index (κ2) is 8.46. The molecule has 3 aromatic rings. The van der Waals surface area contributed by atoms with Crippen molar-refractivity contribution >= 4 is 17.9 Å². The number of nitrogens with one attached hydrogen (secondary N) is 1. The van der Waals surface area contributed by atoms with Crippen molar-refractivity contribution in [3.05, 3.63) is 59.9 Å². The van der Waals surface area contributed by atoms with E-state index in [1.165, 1.54) is 11.1 Å². The number of aliphatic hydroxyl groups excluding tert-OH is 1. The van der Waals surface area contributed by atoms with Gasteiger partial charge >= 0.3 is 6.09 Å². The summed E-state index contributed by atoms with van der Waals surface area (Å²) in [6.45, 7) is 3.56. The van der Waals surface area contributed by atoms with E-state index in [1.54, 1.807) is 13.0 Å². The molecule has 0 aliphatic carbocycles. The minimum Gasteiger partial charge on any atom is -0.447 e. The van der Waals surface area contributed by atoms with Crippen LogP contribution in [0.25, 0.3) is 0 Å². The molecule has 1 amide bonds. The quantitative estimate of drug-likeness (QED) is 0.603. The first-order valence-corrected chi connectivity index (χ1v) is 9.61. The van der Waals surface area contributed by atoms with Crippen molar-refractivity contribution in [1.82, 2.24) is 20.1 Å². The van der Waals surface area contributed by atoms with Gasteiger partial charge in [-0.25, -0.2) is 9.78 Å². The Morgan fingerprint density at radius 3 is 2.80 bits per heavy atom. The van der Waals surface area contributed by atoms with Gasteiger partial charge in [-0.15, -0.1) is 0 Å². The monoisotopic (exact) mass is 410 g/mol. The Morgan fingerprint density at radius 1 is 1.23 bits per heavy atom. The number of aliphatic hydroxyl groups is 1. The van der Waals surface area contributed by atoms with Crippen LogP contribution < -0.4 is 10.2 Å². The summed E-state index contributed by atoms with van der Waals surface area (Å²) < 4.78 is 10.4. The number of hydrogen-bond donors (Lipinski definition) is 2. The lowest BCUT2D eigenvalue weighted by Crippen LogP contribution is -2.41. The van der Waals surface area contributed by atoms with Gasteiger partial charge in [0, 0.05) is 6.20 Å². The van der Waals surface area contributed by atoms with Crippen molar-refractivity contribution < 1.29 is 19.2 Å². The highest BCUT2D eigenvalue weighted by Crippen LogP contribution is 2.24. The summed E-state index contributed by atoms with van der Waals surface area (Å²) in [6, 6.07) is 10.6. The van der Waals surface area contributed by atoms with E-state index in [0.29, 0.717) is 29.9 Å². The number of nitrogens with zero attached hydrogens (tertiary/aromatic N) is 5. The number of carbonyl (C=O) groups excluding carboxylic acids is 1. The van der Waals surface area contributed by atoms with Crippen molar-refractivity contribution in [2.24, 2.45) is 0 Å². The molecule has 0 radical (unpaired) electrons. The number of ether oxygens (including phenoxy) is 1.